The Bertz CT molecular complexity index is 151. The van der Waals surface area contributed by atoms with Gasteiger partial charge in [-0.3, -0.25) is 0 Å². The second-order valence-corrected chi connectivity index (χ2v) is 3.20. The number of fused-ring (bicyclic) bond motifs is 1. The first kappa shape index (κ1) is 6.95. The van der Waals surface area contributed by atoms with Crippen molar-refractivity contribution in [2.75, 3.05) is 0 Å². The third-order valence-electron chi connectivity index (χ3n) is 2.39. The highest BCUT2D eigenvalue weighted by Crippen LogP contribution is 2.27. The Morgan fingerprint density at radius 1 is 1.00 bits per heavy atom. The average molecular weight is 156 g/mol. The fourth-order valence-electron chi connectivity index (χ4n) is 1.78. The van der Waals surface area contributed by atoms with Crippen LogP contribution in [0.15, 0.2) is 0 Å². The molecule has 1 heterocycles. The number of carbonyl (C=O) groups excluding carboxylic acids is 1. The summed E-state index contributed by atoms with van der Waals surface area (Å²) in [5, 5.41) is 0. The van der Waals surface area contributed by atoms with E-state index in [9.17, 15) is 4.79 Å². The molecular weight excluding hydrogens is 144 g/mol. The van der Waals surface area contributed by atoms with Gasteiger partial charge in [0, 0.05) is 0 Å². The van der Waals surface area contributed by atoms with Crippen molar-refractivity contribution in [3.63, 3.8) is 0 Å². The lowest BCUT2D eigenvalue weighted by Crippen LogP contribution is -2.20. The third kappa shape index (κ3) is 1.32. The first-order valence-electron chi connectivity index (χ1n) is 4.23. The highest BCUT2D eigenvalue weighted by atomic mass is 16.8. The molecular formula is C8H12O3. The summed E-state index contributed by atoms with van der Waals surface area (Å²) >= 11 is 0. The summed E-state index contributed by atoms with van der Waals surface area (Å²) in [6.45, 7) is 0. The lowest BCUT2D eigenvalue weighted by Gasteiger charge is -2.09. The Morgan fingerprint density at radius 3 is 2.09 bits per heavy atom. The highest BCUT2D eigenvalue weighted by molar-refractivity contribution is 5.62. The van der Waals surface area contributed by atoms with E-state index in [-0.39, 0.29) is 12.2 Å². The molecule has 0 aromatic carbocycles. The first-order valence-corrected chi connectivity index (χ1v) is 4.23. The number of hydrogen-bond acceptors (Lipinski definition) is 3. The van der Waals surface area contributed by atoms with Crippen molar-refractivity contribution in [3.05, 3.63) is 0 Å². The number of hydrogen-bond donors (Lipinski definition) is 0. The van der Waals surface area contributed by atoms with Crippen LogP contribution in [0.5, 0.6) is 0 Å². The van der Waals surface area contributed by atoms with E-state index in [1.54, 1.807) is 0 Å². The van der Waals surface area contributed by atoms with Crippen LogP contribution in [0.4, 0.5) is 4.79 Å². The zero-order chi connectivity index (χ0) is 7.68. The van der Waals surface area contributed by atoms with Gasteiger partial charge in [-0.1, -0.05) is 6.42 Å². The van der Waals surface area contributed by atoms with E-state index in [1.807, 2.05) is 0 Å². The van der Waals surface area contributed by atoms with Gasteiger partial charge in [-0.2, -0.15) is 0 Å². The van der Waals surface area contributed by atoms with Crippen molar-refractivity contribution < 1.29 is 14.3 Å². The van der Waals surface area contributed by atoms with Gasteiger partial charge in [0.25, 0.3) is 0 Å². The molecule has 0 spiro atoms. The molecule has 11 heavy (non-hydrogen) atoms. The van der Waals surface area contributed by atoms with E-state index in [4.69, 9.17) is 9.47 Å². The zero-order valence-electron chi connectivity index (χ0n) is 6.41. The van der Waals surface area contributed by atoms with Crippen LogP contribution in [0.2, 0.25) is 0 Å². The van der Waals surface area contributed by atoms with Crippen molar-refractivity contribution in [3.8, 4) is 0 Å². The molecule has 1 aliphatic carbocycles. The summed E-state index contributed by atoms with van der Waals surface area (Å²) in [6.07, 6.45) is 5.19. The van der Waals surface area contributed by atoms with Gasteiger partial charge in [-0.25, -0.2) is 4.79 Å². The van der Waals surface area contributed by atoms with Crippen molar-refractivity contribution in [2.45, 2.75) is 44.3 Å². The second kappa shape index (κ2) is 2.72. The van der Waals surface area contributed by atoms with Crippen LogP contribution in [0, 0.1) is 0 Å². The minimum Gasteiger partial charge on any atom is -0.427 e. The summed E-state index contributed by atoms with van der Waals surface area (Å²) in [6, 6.07) is 0. The average Bonchev–Trinajstić information content (AvgIpc) is 2.17. The lowest BCUT2D eigenvalue weighted by molar-refractivity contribution is 0.112. The van der Waals surface area contributed by atoms with E-state index in [0.29, 0.717) is 0 Å². The Balaban J connectivity index is 2.01. The van der Waals surface area contributed by atoms with Crippen LogP contribution in [0.25, 0.3) is 0 Å². The summed E-state index contributed by atoms with van der Waals surface area (Å²) in [5.41, 5.74) is 0. The summed E-state index contributed by atoms with van der Waals surface area (Å²) in [5.74, 6) is 0. The van der Waals surface area contributed by atoms with Crippen molar-refractivity contribution in [2.24, 2.45) is 0 Å². The first-order chi connectivity index (χ1) is 5.36. The standard InChI is InChI=1S/C8H12O3/c9-8-10-6-4-2-1-3-5-7(6)11-8/h6-7H,1-5H2/t6-,7-/m1/s1. The SMILES string of the molecule is O=C1O[C@@H]2CCCCC[C@H]2O1. The van der Waals surface area contributed by atoms with Gasteiger partial charge in [0.1, 0.15) is 12.2 Å². The van der Waals surface area contributed by atoms with Gasteiger partial charge in [0.15, 0.2) is 0 Å². The number of carbonyl (C=O) groups is 1. The van der Waals surface area contributed by atoms with Crippen LogP contribution in [0.1, 0.15) is 32.1 Å². The Kier molecular flexibility index (Phi) is 1.72. The molecule has 3 heteroatoms. The molecule has 0 bridgehead atoms. The summed E-state index contributed by atoms with van der Waals surface area (Å²) in [4.78, 5) is 10.7. The van der Waals surface area contributed by atoms with E-state index in [1.165, 1.54) is 6.42 Å². The summed E-state index contributed by atoms with van der Waals surface area (Å²) in [7, 11) is 0. The minimum absolute atomic E-state index is 0.0602. The molecule has 0 aromatic rings. The molecule has 2 rings (SSSR count). The molecule has 0 radical (unpaired) electrons. The molecule has 3 nitrogen and oxygen atoms in total. The topological polar surface area (TPSA) is 35.5 Å². The summed E-state index contributed by atoms with van der Waals surface area (Å²) < 4.78 is 9.97. The normalized spacial score (nSPS) is 36.9. The molecule has 0 unspecified atom stereocenters. The predicted molar refractivity (Wildman–Crippen MR) is 38.2 cm³/mol. The largest absolute Gasteiger partial charge is 0.509 e. The molecule has 0 amide bonds. The van der Waals surface area contributed by atoms with Crippen molar-refractivity contribution in [1.82, 2.24) is 0 Å². The Hall–Kier alpha value is -0.730. The smallest absolute Gasteiger partial charge is 0.427 e. The quantitative estimate of drug-likeness (QED) is 0.502. The van der Waals surface area contributed by atoms with Crippen molar-refractivity contribution >= 4 is 6.16 Å². The Labute approximate surface area is 65.7 Å². The molecule has 1 aliphatic heterocycles. The molecule has 0 N–H and O–H groups in total. The van der Waals surface area contributed by atoms with Gasteiger partial charge in [-0.15, -0.1) is 0 Å². The van der Waals surface area contributed by atoms with Crippen molar-refractivity contribution in [1.29, 1.82) is 0 Å². The van der Waals surface area contributed by atoms with Crippen LogP contribution < -0.4 is 0 Å². The van der Waals surface area contributed by atoms with Crippen LogP contribution in [-0.2, 0) is 9.47 Å². The molecule has 1 saturated heterocycles. The van der Waals surface area contributed by atoms with Gasteiger partial charge < -0.3 is 9.47 Å². The molecule has 2 aliphatic rings. The maximum atomic E-state index is 10.7. The van der Waals surface area contributed by atoms with E-state index < -0.39 is 6.16 Å². The van der Waals surface area contributed by atoms with Gasteiger partial charge in [0.05, 0.1) is 0 Å². The number of rotatable bonds is 0. The maximum Gasteiger partial charge on any atom is 0.509 e. The monoisotopic (exact) mass is 156 g/mol. The second-order valence-electron chi connectivity index (χ2n) is 3.20. The zero-order valence-corrected chi connectivity index (χ0v) is 6.41. The molecule has 62 valence electrons. The molecule has 2 atom stereocenters. The number of ether oxygens (including phenoxy) is 2. The van der Waals surface area contributed by atoms with E-state index in [0.717, 1.165) is 25.7 Å². The molecule has 1 saturated carbocycles. The van der Waals surface area contributed by atoms with E-state index >= 15 is 0 Å². The fraction of sp³-hybridized carbons (Fsp3) is 0.875. The molecule has 0 aromatic heterocycles. The Morgan fingerprint density at radius 2 is 1.55 bits per heavy atom. The minimum atomic E-state index is -0.470. The molecule has 2 fully saturated rings. The maximum absolute atomic E-state index is 10.7. The third-order valence-corrected chi connectivity index (χ3v) is 2.39. The van der Waals surface area contributed by atoms with Crippen LogP contribution in [-0.4, -0.2) is 18.4 Å². The van der Waals surface area contributed by atoms with Gasteiger partial charge in [-0.05, 0) is 25.7 Å². The van der Waals surface area contributed by atoms with E-state index in [2.05, 4.69) is 0 Å². The predicted octanol–water partition coefficient (Wildman–Crippen LogP) is 1.85. The van der Waals surface area contributed by atoms with Gasteiger partial charge >= 0.3 is 6.16 Å². The van der Waals surface area contributed by atoms with Crippen LogP contribution in [0.3, 0.4) is 0 Å². The van der Waals surface area contributed by atoms with Gasteiger partial charge in [0.2, 0.25) is 0 Å². The highest BCUT2D eigenvalue weighted by Gasteiger charge is 2.36. The van der Waals surface area contributed by atoms with Crippen LogP contribution >= 0.6 is 0 Å². The lowest BCUT2D eigenvalue weighted by atomic mass is 10.1. The fourth-order valence-corrected chi connectivity index (χ4v) is 1.78.